The third-order valence-corrected chi connectivity index (χ3v) is 12.4. The average molecular weight is 664 g/mol. The molecular formula is C39H30AsN3O3. The Labute approximate surface area is 272 Å². The van der Waals surface area contributed by atoms with Gasteiger partial charge in [0.25, 0.3) is 0 Å². The summed E-state index contributed by atoms with van der Waals surface area (Å²) < 4.78 is 3.31. The molecule has 224 valence electrons. The van der Waals surface area contributed by atoms with Crippen LogP contribution in [0.4, 0.5) is 17.1 Å². The summed E-state index contributed by atoms with van der Waals surface area (Å²) in [6.45, 7) is 0. The van der Waals surface area contributed by atoms with Gasteiger partial charge in [0.15, 0.2) is 0 Å². The predicted octanol–water partition coefficient (Wildman–Crippen LogP) is 5.96. The third-order valence-electron chi connectivity index (χ3n) is 7.26. The van der Waals surface area contributed by atoms with Crippen LogP contribution in [0.2, 0.25) is 0 Å². The van der Waals surface area contributed by atoms with Gasteiger partial charge in [0, 0.05) is 0 Å². The molecule has 0 heterocycles. The van der Waals surface area contributed by atoms with Gasteiger partial charge in [-0.25, -0.2) is 0 Å². The van der Waals surface area contributed by atoms with Crippen LogP contribution in [-0.4, -0.2) is 32.4 Å². The van der Waals surface area contributed by atoms with Crippen LogP contribution >= 0.6 is 0 Å². The second-order valence-corrected chi connectivity index (χ2v) is 15.1. The molecule has 0 atom stereocenters. The fourth-order valence-electron chi connectivity index (χ4n) is 4.91. The van der Waals surface area contributed by atoms with Crippen molar-refractivity contribution in [3.8, 4) is 0 Å². The zero-order valence-electron chi connectivity index (χ0n) is 24.8. The molecule has 0 unspecified atom stereocenters. The standard InChI is InChI=1S/C39H30AsN3O3/c44-37(41-34-10-4-1-5-11-34)28-16-22-31(23-17-28)40(32-24-18-29(19-25-32)38(45)42-35-12-6-2-7-13-35)33-26-20-30(21-27-33)39(46)43-36-14-8-3-9-15-36/h1-27H,(H,41,44)(H,42,45)(H,43,46). The molecule has 6 nitrogen and oxygen atoms in total. The van der Waals surface area contributed by atoms with Crippen molar-refractivity contribution in [2.45, 2.75) is 0 Å². The number of benzene rings is 6. The van der Waals surface area contributed by atoms with Gasteiger partial charge in [0.05, 0.1) is 0 Å². The van der Waals surface area contributed by atoms with Crippen molar-refractivity contribution in [3.05, 3.63) is 180 Å². The molecule has 0 aliphatic heterocycles. The molecule has 0 aliphatic rings. The van der Waals surface area contributed by atoms with E-state index in [1.165, 1.54) is 0 Å². The summed E-state index contributed by atoms with van der Waals surface area (Å²) in [4.78, 5) is 38.8. The normalized spacial score (nSPS) is 10.6. The number of carbonyl (C=O) groups excluding carboxylic acids is 3. The van der Waals surface area contributed by atoms with Crippen LogP contribution in [0.3, 0.4) is 0 Å². The quantitative estimate of drug-likeness (QED) is 0.167. The van der Waals surface area contributed by atoms with Crippen LogP contribution in [0.5, 0.6) is 0 Å². The summed E-state index contributed by atoms with van der Waals surface area (Å²) in [6.07, 6.45) is 0. The molecule has 0 aromatic heterocycles. The molecule has 7 heteroatoms. The summed E-state index contributed by atoms with van der Waals surface area (Å²) >= 11 is -2.16. The molecule has 6 aromatic carbocycles. The summed E-state index contributed by atoms with van der Waals surface area (Å²) in [6, 6.07) is 51.2. The van der Waals surface area contributed by atoms with E-state index in [0.29, 0.717) is 16.7 Å². The number of carbonyl (C=O) groups is 3. The first-order chi connectivity index (χ1) is 22.5. The van der Waals surface area contributed by atoms with E-state index in [2.05, 4.69) is 16.0 Å². The molecule has 0 saturated carbocycles. The zero-order valence-corrected chi connectivity index (χ0v) is 26.6. The Bertz CT molecular complexity index is 1700. The Morgan fingerprint density at radius 3 is 0.804 bits per heavy atom. The molecule has 6 aromatic rings. The van der Waals surface area contributed by atoms with Crippen LogP contribution in [0.1, 0.15) is 31.1 Å². The number of rotatable bonds is 9. The molecule has 0 saturated heterocycles. The van der Waals surface area contributed by atoms with Gasteiger partial charge in [-0.3, -0.25) is 0 Å². The molecule has 3 amide bonds. The van der Waals surface area contributed by atoms with E-state index in [1.807, 2.05) is 164 Å². The molecule has 46 heavy (non-hydrogen) atoms. The summed E-state index contributed by atoms with van der Waals surface area (Å²) in [5, 5.41) is 8.81. The monoisotopic (exact) mass is 663 g/mol. The SMILES string of the molecule is O=C(Nc1ccccc1)c1ccc([As](c2ccc(C(=O)Nc3ccccc3)cc2)c2ccc(C(=O)Nc3ccccc3)cc2)cc1. The van der Waals surface area contributed by atoms with E-state index in [1.54, 1.807) is 0 Å². The van der Waals surface area contributed by atoms with Gasteiger partial charge in [-0.05, 0) is 0 Å². The molecule has 6 rings (SSSR count). The summed E-state index contributed by atoms with van der Waals surface area (Å²) in [5.41, 5.74) is 3.87. The number of hydrogen-bond acceptors (Lipinski definition) is 3. The Hall–Kier alpha value is -5.71. The minimum atomic E-state index is -2.16. The molecule has 0 spiro atoms. The summed E-state index contributed by atoms with van der Waals surface area (Å²) in [5.74, 6) is -0.543. The van der Waals surface area contributed by atoms with E-state index in [0.717, 1.165) is 30.1 Å². The molecular weight excluding hydrogens is 633 g/mol. The third kappa shape index (κ3) is 7.49. The van der Waals surface area contributed by atoms with Crippen molar-refractivity contribution in [2.75, 3.05) is 16.0 Å². The van der Waals surface area contributed by atoms with Crippen molar-refractivity contribution in [1.82, 2.24) is 0 Å². The van der Waals surface area contributed by atoms with E-state index < -0.39 is 14.7 Å². The number of hydrogen-bond donors (Lipinski definition) is 3. The summed E-state index contributed by atoms with van der Waals surface area (Å²) in [7, 11) is 0. The molecule has 0 radical (unpaired) electrons. The van der Waals surface area contributed by atoms with Crippen LogP contribution in [0.25, 0.3) is 0 Å². The van der Waals surface area contributed by atoms with Gasteiger partial charge in [0.1, 0.15) is 0 Å². The van der Waals surface area contributed by atoms with Gasteiger partial charge >= 0.3 is 273 Å². The van der Waals surface area contributed by atoms with Crippen molar-refractivity contribution in [2.24, 2.45) is 0 Å². The van der Waals surface area contributed by atoms with Crippen molar-refractivity contribution < 1.29 is 14.4 Å². The van der Waals surface area contributed by atoms with Crippen molar-refractivity contribution >= 4 is 62.5 Å². The van der Waals surface area contributed by atoms with Crippen LogP contribution in [0.15, 0.2) is 164 Å². The second-order valence-electron chi connectivity index (χ2n) is 10.4. The predicted molar refractivity (Wildman–Crippen MR) is 187 cm³/mol. The fourth-order valence-corrected chi connectivity index (χ4v) is 9.60. The van der Waals surface area contributed by atoms with Crippen LogP contribution < -0.4 is 29.0 Å². The molecule has 3 N–H and O–H groups in total. The molecule has 0 bridgehead atoms. The van der Waals surface area contributed by atoms with Crippen LogP contribution in [-0.2, 0) is 0 Å². The average Bonchev–Trinajstić information content (AvgIpc) is 3.10. The van der Waals surface area contributed by atoms with E-state index in [4.69, 9.17) is 0 Å². The first-order valence-corrected chi connectivity index (χ1v) is 17.5. The Morgan fingerprint density at radius 1 is 0.326 bits per heavy atom. The number of para-hydroxylation sites is 3. The molecule has 0 aliphatic carbocycles. The number of nitrogens with one attached hydrogen (secondary N) is 3. The van der Waals surface area contributed by atoms with E-state index in [-0.39, 0.29) is 17.7 Å². The Morgan fingerprint density at radius 2 is 0.565 bits per heavy atom. The van der Waals surface area contributed by atoms with Crippen molar-refractivity contribution in [3.63, 3.8) is 0 Å². The van der Waals surface area contributed by atoms with Gasteiger partial charge in [-0.15, -0.1) is 0 Å². The van der Waals surface area contributed by atoms with Gasteiger partial charge in [0.2, 0.25) is 0 Å². The Balaban J connectivity index is 1.27. The van der Waals surface area contributed by atoms with Gasteiger partial charge < -0.3 is 0 Å². The fraction of sp³-hybridized carbons (Fsp3) is 0. The van der Waals surface area contributed by atoms with E-state index >= 15 is 0 Å². The topological polar surface area (TPSA) is 87.3 Å². The Kier molecular flexibility index (Phi) is 9.48. The first kappa shape index (κ1) is 30.3. The van der Waals surface area contributed by atoms with E-state index in [9.17, 15) is 14.4 Å². The maximum atomic E-state index is 12.9. The number of amides is 3. The number of anilines is 3. The van der Waals surface area contributed by atoms with Gasteiger partial charge in [-0.2, -0.15) is 0 Å². The second kappa shape index (κ2) is 14.4. The van der Waals surface area contributed by atoms with Crippen molar-refractivity contribution in [1.29, 1.82) is 0 Å². The molecule has 0 fully saturated rings. The van der Waals surface area contributed by atoms with Gasteiger partial charge in [-0.1, -0.05) is 0 Å². The van der Waals surface area contributed by atoms with Crippen LogP contribution in [0, 0.1) is 0 Å². The first-order valence-electron chi connectivity index (χ1n) is 14.7. The minimum absolute atomic E-state index is 0.181. The maximum absolute atomic E-state index is 12.9. The zero-order chi connectivity index (χ0) is 31.7.